The maximum atomic E-state index is 11.5. The highest BCUT2D eigenvalue weighted by molar-refractivity contribution is 6.22. The molecule has 4 unspecified atom stereocenters. The Morgan fingerprint density at radius 1 is 1.11 bits per heavy atom. The fourth-order valence-corrected chi connectivity index (χ4v) is 5.47. The van der Waals surface area contributed by atoms with Gasteiger partial charge in [-0.3, -0.25) is 0 Å². The van der Waals surface area contributed by atoms with E-state index in [2.05, 4.69) is 40.7 Å². The third-order valence-electron chi connectivity index (χ3n) is 5.74. The highest BCUT2D eigenvalue weighted by Crippen LogP contribution is 2.59. The van der Waals surface area contributed by atoms with Gasteiger partial charge in [0.2, 0.25) is 6.23 Å². The van der Waals surface area contributed by atoms with Gasteiger partial charge in [-0.2, -0.15) is 0 Å². The first-order valence-corrected chi connectivity index (χ1v) is 8.58. The molecule has 15 heteroatoms. The number of guanidine groups is 2. The summed E-state index contributed by atoms with van der Waals surface area (Å²) < 4.78 is 5.86. The maximum absolute atomic E-state index is 11.5. The van der Waals surface area contributed by atoms with Gasteiger partial charge in [0.25, 0.3) is 0 Å². The van der Waals surface area contributed by atoms with E-state index in [9.17, 15) is 5.11 Å². The van der Waals surface area contributed by atoms with E-state index >= 15 is 0 Å². The summed E-state index contributed by atoms with van der Waals surface area (Å²) in [5.74, 6) is -1.56. The molecule has 1 spiro atoms. The maximum Gasteiger partial charge on any atom is 0.202 e. The summed E-state index contributed by atoms with van der Waals surface area (Å²) in [4.78, 5) is 14.0. The van der Waals surface area contributed by atoms with Crippen LogP contribution < -0.4 is 22.1 Å². The number of azide groups is 2. The van der Waals surface area contributed by atoms with Crippen molar-refractivity contribution in [2.75, 3.05) is 13.1 Å². The molecule has 0 aromatic heterocycles. The third kappa shape index (κ3) is 2.22. The predicted octanol–water partition coefficient (Wildman–Crippen LogP) is -0.978. The molecule has 8 atom stereocenters. The van der Waals surface area contributed by atoms with Crippen molar-refractivity contribution in [1.29, 1.82) is 0 Å². The number of halogens is 1. The van der Waals surface area contributed by atoms with E-state index < -0.39 is 46.9 Å². The summed E-state index contributed by atoms with van der Waals surface area (Å²) in [5.41, 5.74) is 26.4. The van der Waals surface area contributed by atoms with Gasteiger partial charge in [-0.1, -0.05) is 10.2 Å². The van der Waals surface area contributed by atoms with Crippen LogP contribution in [0.5, 0.6) is 0 Å². The van der Waals surface area contributed by atoms with E-state index in [4.69, 9.17) is 38.9 Å². The molecule has 7 N–H and O–H groups in total. The van der Waals surface area contributed by atoms with Crippen LogP contribution >= 0.6 is 11.6 Å². The van der Waals surface area contributed by atoms with E-state index in [1.54, 1.807) is 0 Å². The molecule has 0 aromatic rings. The zero-order chi connectivity index (χ0) is 19.4. The van der Waals surface area contributed by atoms with Crippen LogP contribution in [0.2, 0.25) is 0 Å². The molecule has 14 nitrogen and oxygen atoms in total. The van der Waals surface area contributed by atoms with Gasteiger partial charge >= 0.3 is 0 Å². The molecule has 2 fully saturated rings. The third-order valence-corrected chi connectivity index (χ3v) is 6.42. The Bertz CT molecular complexity index is 821. The second-order valence-corrected chi connectivity index (χ2v) is 7.38. The molecular formula is C12H17ClN12O2. The van der Waals surface area contributed by atoms with E-state index in [0.29, 0.717) is 0 Å². The van der Waals surface area contributed by atoms with Gasteiger partial charge in [-0.25, -0.2) is 9.98 Å². The first-order valence-electron chi connectivity index (χ1n) is 8.15. The number of rotatable bonds is 4. The van der Waals surface area contributed by atoms with Gasteiger partial charge in [0.1, 0.15) is 5.54 Å². The van der Waals surface area contributed by atoms with Gasteiger partial charge in [0.15, 0.2) is 23.9 Å². The first kappa shape index (κ1) is 17.8. The number of fused-ring (bicyclic) bond motifs is 2. The van der Waals surface area contributed by atoms with E-state index in [1.807, 2.05) is 0 Å². The summed E-state index contributed by atoms with van der Waals surface area (Å²) in [6, 6.07) is 0. The van der Waals surface area contributed by atoms with E-state index in [1.165, 1.54) is 0 Å². The molecule has 27 heavy (non-hydrogen) atoms. The summed E-state index contributed by atoms with van der Waals surface area (Å²) in [7, 11) is 0. The lowest BCUT2D eigenvalue weighted by molar-refractivity contribution is -0.233. The average molecular weight is 397 g/mol. The van der Waals surface area contributed by atoms with Crippen LogP contribution in [-0.4, -0.2) is 59.2 Å². The number of aliphatic hydroxyl groups is 1. The van der Waals surface area contributed by atoms with Crippen molar-refractivity contribution in [3.8, 4) is 0 Å². The van der Waals surface area contributed by atoms with Gasteiger partial charge in [-0.05, 0) is 22.9 Å². The van der Waals surface area contributed by atoms with Crippen LogP contribution in [0.1, 0.15) is 0 Å². The van der Waals surface area contributed by atoms with E-state index in [0.717, 1.165) is 0 Å². The zero-order valence-electron chi connectivity index (χ0n) is 13.8. The van der Waals surface area contributed by atoms with Gasteiger partial charge in [-0.15, -0.1) is 11.6 Å². The van der Waals surface area contributed by atoms with Crippen LogP contribution in [0, 0.1) is 17.8 Å². The average Bonchev–Trinajstić information content (AvgIpc) is 3.17. The fraction of sp³-hybridized carbons (Fsp3) is 0.833. The zero-order valence-corrected chi connectivity index (χ0v) is 14.6. The number of hydrogen-bond donors (Lipinski definition) is 5. The minimum Gasteiger partial charge on any atom is -0.370 e. The normalized spacial score (nSPS) is 46.4. The van der Waals surface area contributed by atoms with E-state index in [-0.39, 0.29) is 25.0 Å². The molecule has 144 valence electrons. The van der Waals surface area contributed by atoms with Crippen molar-refractivity contribution in [3.05, 3.63) is 20.9 Å². The molecule has 1 aliphatic carbocycles. The molecule has 3 aliphatic heterocycles. The Balaban J connectivity index is 1.86. The Morgan fingerprint density at radius 2 is 1.70 bits per heavy atom. The van der Waals surface area contributed by atoms with Crippen LogP contribution in [-0.2, 0) is 4.74 Å². The molecule has 1 saturated heterocycles. The largest absolute Gasteiger partial charge is 0.370 e. The van der Waals surface area contributed by atoms with Crippen molar-refractivity contribution in [2.24, 2.45) is 49.4 Å². The summed E-state index contributed by atoms with van der Waals surface area (Å²) in [6.45, 7) is 0.0304. The summed E-state index contributed by atoms with van der Waals surface area (Å²) in [5, 5.41) is 23.9. The lowest BCUT2D eigenvalue weighted by atomic mass is 9.72. The molecule has 0 aromatic carbocycles. The Labute approximate surface area is 157 Å². The molecule has 0 bridgehead atoms. The molecule has 0 amide bonds. The van der Waals surface area contributed by atoms with Crippen molar-refractivity contribution in [2.45, 2.75) is 29.1 Å². The molecule has 3 heterocycles. The number of nitrogens with zero attached hydrogens (tertiary/aromatic N) is 8. The van der Waals surface area contributed by atoms with Crippen LogP contribution in [0.15, 0.2) is 20.2 Å². The minimum absolute atomic E-state index is 0.00160. The number of nitrogens with two attached hydrogens (primary N) is 2. The second kappa shape index (κ2) is 5.94. The smallest absolute Gasteiger partial charge is 0.202 e. The van der Waals surface area contributed by atoms with Crippen molar-refractivity contribution in [1.82, 2.24) is 10.6 Å². The number of aliphatic imine (C=N–C) groups is 2. The molecular weight excluding hydrogens is 380 g/mol. The van der Waals surface area contributed by atoms with Crippen LogP contribution in [0.25, 0.3) is 20.9 Å². The first-order chi connectivity index (χ1) is 12.9. The van der Waals surface area contributed by atoms with Gasteiger partial charge < -0.3 is 31.9 Å². The van der Waals surface area contributed by atoms with Crippen molar-refractivity contribution < 1.29 is 9.84 Å². The fourth-order valence-electron chi connectivity index (χ4n) is 4.91. The van der Waals surface area contributed by atoms with Crippen LogP contribution in [0.3, 0.4) is 0 Å². The molecule has 4 rings (SSSR count). The van der Waals surface area contributed by atoms with Crippen molar-refractivity contribution >= 4 is 23.5 Å². The quantitative estimate of drug-likeness (QED) is 0.173. The number of nitrogens with one attached hydrogen (secondary N) is 2. The standard InChI is InChI=1S/C12H17ClN12O2/c13-6-4(2-19-25-17)3(1-18-24-16)5-11(6)7(20-9(14)22-11)27-8-12(5,26)23-10(15)21-8/h3-8,26H,1-2H2,(H3,14,20,22)(H3,15,21,23)/t3?,4-,5?,6+,7+,8?,11+,12?/m1/s1. The highest BCUT2D eigenvalue weighted by atomic mass is 35.5. The summed E-state index contributed by atoms with van der Waals surface area (Å²) in [6.07, 6.45) is -1.90. The number of alkyl halides is 1. The molecule has 0 radical (unpaired) electrons. The monoisotopic (exact) mass is 396 g/mol. The Morgan fingerprint density at radius 3 is 2.37 bits per heavy atom. The topological polar surface area (TPSA) is 228 Å². The Hall–Kier alpha value is -2.63. The lowest BCUT2D eigenvalue weighted by Gasteiger charge is -2.51. The number of hydrogen-bond acceptors (Lipinski definition) is 10. The van der Waals surface area contributed by atoms with Crippen LogP contribution in [0.4, 0.5) is 0 Å². The SMILES string of the molecule is [N-]=[N+]=NCC1C2C3(O)NC(N)=NC3O[C@@H]3N=C(N)N[C@]23[C@@H](Cl)[C@@H]1CN=[N+]=[N-]. The second-order valence-electron chi connectivity index (χ2n) is 6.91. The predicted molar refractivity (Wildman–Crippen MR) is 94.0 cm³/mol. The Kier molecular flexibility index (Phi) is 3.91. The van der Waals surface area contributed by atoms with Gasteiger partial charge in [0, 0.05) is 28.8 Å². The highest BCUT2D eigenvalue weighted by Gasteiger charge is 2.76. The van der Waals surface area contributed by atoms with Gasteiger partial charge in [0.05, 0.1) is 5.38 Å². The summed E-state index contributed by atoms with van der Waals surface area (Å²) >= 11 is 6.81. The molecule has 1 saturated carbocycles. The molecule has 4 aliphatic rings. The van der Waals surface area contributed by atoms with Crippen molar-refractivity contribution in [3.63, 3.8) is 0 Å². The number of ether oxygens (including phenoxy) is 1. The minimum atomic E-state index is -1.73. The lowest BCUT2D eigenvalue weighted by Crippen LogP contribution is -2.75.